The number of nitrogens with zero attached hydrogens (tertiary/aromatic N) is 7. The predicted molar refractivity (Wildman–Crippen MR) is 123 cm³/mol. The highest BCUT2D eigenvalue weighted by Gasteiger charge is 2.28. The SMILES string of the molecule is CC(C)OC(=O)N1CCC(c2cnc(CN3CCc4cc(-n5cnnn5)cc(F)c43)c(F)c2)CC1. The maximum Gasteiger partial charge on any atom is 0.410 e. The van der Waals surface area contributed by atoms with Crippen LogP contribution in [0.1, 0.15) is 49.4 Å². The molecule has 2 aromatic heterocycles. The minimum Gasteiger partial charge on any atom is -0.447 e. The molecule has 5 rings (SSSR count). The van der Waals surface area contributed by atoms with E-state index in [1.165, 1.54) is 23.1 Å². The molecule has 0 saturated carbocycles. The largest absolute Gasteiger partial charge is 0.447 e. The highest BCUT2D eigenvalue weighted by molar-refractivity contribution is 5.68. The van der Waals surface area contributed by atoms with Crippen LogP contribution >= 0.6 is 0 Å². The van der Waals surface area contributed by atoms with Gasteiger partial charge in [-0.1, -0.05) is 0 Å². The molecule has 1 aromatic carbocycles. The van der Waals surface area contributed by atoms with Crippen molar-refractivity contribution in [2.75, 3.05) is 24.5 Å². The van der Waals surface area contributed by atoms with Gasteiger partial charge in [-0.25, -0.2) is 18.3 Å². The Bertz CT molecular complexity index is 1210. The standard InChI is InChI=1S/C24H27F2N7O2/c1-15(2)35-24(34)31-6-3-16(4-7-31)18-10-20(25)22(27-12-18)13-32-8-5-17-9-19(11-21(26)23(17)32)33-14-28-29-30-33/h9-12,14-16H,3-8,13H2,1-2H3. The first kappa shape index (κ1) is 23.1. The Morgan fingerprint density at radius 1 is 1.14 bits per heavy atom. The predicted octanol–water partition coefficient (Wildman–Crippen LogP) is 3.62. The highest BCUT2D eigenvalue weighted by Crippen LogP contribution is 2.35. The number of likely N-dealkylation sites (tertiary alicyclic amines) is 1. The number of rotatable bonds is 5. The number of hydrogen-bond donors (Lipinski definition) is 0. The zero-order valence-electron chi connectivity index (χ0n) is 19.7. The molecule has 9 nitrogen and oxygen atoms in total. The number of ether oxygens (including phenoxy) is 1. The fourth-order valence-electron chi connectivity index (χ4n) is 4.79. The lowest BCUT2D eigenvalue weighted by molar-refractivity contribution is 0.0691. The van der Waals surface area contributed by atoms with Gasteiger partial charge in [-0.2, -0.15) is 0 Å². The summed E-state index contributed by atoms with van der Waals surface area (Å²) < 4.78 is 36.7. The van der Waals surface area contributed by atoms with Crippen LogP contribution in [0.4, 0.5) is 19.3 Å². The Hall–Kier alpha value is -3.63. The molecule has 0 atom stereocenters. The maximum atomic E-state index is 15.0. The van der Waals surface area contributed by atoms with E-state index in [0.29, 0.717) is 37.4 Å². The van der Waals surface area contributed by atoms with Crippen molar-refractivity contribution < 1.29 is 18.3 Å². The van der Waals surface area contributed by atoms with Crippen molar-refractivity contribution in [1.82, 2.24) is 30.1 Å². The second-order valence-corrected chi connectivity index (χ2v) is 9.25. The van der Waals surface area contributed by atoms with Crippen molar-refractivity contribution in [2.45, 2.75) is 51.7 Å². The molecule has 1 saturated heterocycles. The van der Waals surface area contributed by atoms with Crippen LogP contribution in [0.15, 0.2) is 30.7 Å². The number of aromatic nitrogens is 5. The topological polar surface area (TPSA) is 89.3 Å². The zero-order valence-corrected chi connectivity index (χ0v) is 19.7. The van der Waals surface area contributed by atoms with Crippen molar-refractivity contribution in [1.29, 1.82) is 0 Å². The van der Waals surface area contributed by atoms with Crippen LogP contribution in [-0.2, 0) is 17.7 Å². The lowest BCUT2D eigenvalue weighted by atomic mass is 9.90. The van der Waals surface area contributed by atoms with Gasteiger partial charge in [-0.15, -0.1) is 5.10 Å². The van der Waals surface area contributed by atoms with Crippen LogP contribution in [-0.4, -0.2) is 61.9 Å². The fraction of sp³-hybridized carbons (Fsp3) is 0.458. The highest BCUT2D eigenvalue weighted by atomic mass is 19.1. The summed E-state index contributed by atoms with van der Waals surface area (Å²) in [5, 5.41) is 11.0. The van der Waals surface area contributed by atoms with E-state index in [1.807, 2.05) is 24.8 Å². The molecule has 184 valence electrons. The molecule has 2 aliphatic heterocycles. The van der Waals surface area contributed by atoms with Crippen LogP contribution in [0.2, 0.25) is 0 Å². The molecule has 1 amide bonds. The minimum atomic E-state index is -0.400. The van der Waals surface area contributed by atoms with Crippen LogP contribution in [0, 0.1) is 11.6 Å². The van der Waals surface area contributed by atoms with E-state index in [9.17, 15) is 9.18 Å². The fourth-order valence-corrected chi connectivity index (χ4v) is 4.79. The molecule has 0 N–H and O–H groups in total. The van der Waals surface area contributed by atoms with Crippen LogP contribution < -0.4 is 4.90 Å². The quantitative estimate of drug-likeness (QED) is 0.548. The van der Waals surface area contributed by atoms with E-state index in [1.54, 1.807) is 11.1 Å². The third kappa shape index (κ3) is 4.80. The zero-order chi connectivity index (χ0) is 24.5. The number of benzene rings is 1. The second-order valence-electron chi connectivity index (χ2n) is 9.25. The monoisotopic (exact) mass is 483 g/mol. The Balaban J connectivity index is 1.25. The number of halogens is 2. The Labute approximate surface area is 201 Å². The van der Waals surface area contributed by atoms with Gasteiger partial charge in [-0.05, 0) is 72.7 Å². The number of anilines is 1. The van der Waals surface area contributed by atoms with Crippen LogP contribution in [0.5, 0.6) is 0 Å². The first-order valence-electron chi connectivity index (χ1n) is 11.8. The van der Waals surface area contributed by atoms with Gasteiger partial charge in [0.05, 0.1) is 29.7 Å². The Morgan fingerprint density at radius 3 is 2.63 bits per heavy atom. The van der Waals surface area contributed by atoms with Crippen molar-refractivity contribution in [3.8, 4) is 5.69 Å². The maximum absolute atomic E-state index is 15.0. The third-order valence-corrected chi connectivity index (χ3v) is 6.55. The molecular weight excluding hydrogens is 456 g/mol. The summed E-state index contributed by atoms with van der Waals surface area (Å²) in [6.07, 6.45) is 4.75. The van der Waals surface area contributed by atoms with E-state index in [2.05, 4.69) is 20.5 Å². The Morgan fingerprint density at radius 2 is 1.94 bits per heavy atom. The number of piperidine rings is 1. The van der Waals surface area contributed by atoms with Gasteiger partial charge >= 0.3 is 6.09 Å². The first-order valence-corrected chi connectivity index (χ1v) is 11.8. The van der Waals surface area contributed by atoms with Gasteiger partial charge in [0, 0.05) is 31.9 Å². The third-order valence-electron chi connectivity index (χ3n) is 6.55. The van der Waals surface area contributed by atoms with Gasteiger partial charge < -0.3 is 14.5 Å². The van der Waals surface area contributed by atoms with E-state index in [4.69, 9.17) is 4.74 Å². The number of fused-ring (bicyclic) bond motifs is 1. The summed E-state index contributed by atoms with van der Waals surface area (Å²) >= 11 is 0. The van der Waals surface area contributed by atoms with Gasteiger partial charge in [0.2, 0.25) is 0 Å². The van der Waals surface area contributed by atoms with Crippen molar-refractivity contribution >= 4 is 11.8 Å². The first-order chi connectivity index (χ1) is 16.9. The smallest absolute Gasteiger partial charge is 0.410 e. The van der Waals surface area contributed by atoms with Crippen molar-refractivity contribution in [3.05, 3.63) is 59.2 Å². The van der Waals surface area contributed by atoms with Gasteiger partial charge in [-0.3, -0.25) is 4.98 Å². The molecule has 2 aliphatic rings. The second kappa shape index (κ2) is 9.55. The number of hydrogen-bond acceptors (Lipinski definition) is 7. The molecule has 0 bridgehead atoms. The molecule has 35 heavy (non-hydrogen) atoms. The van der Waals surface area contributed by atoms with E-state index in [-0.39, 0.29) is 30.4 Å². The van der Waals surface area contributed by atoms with Gasteiger partial charge in [0.25, 0.3) is 0 Å². The molecule has 0 spiro atoms. The molecular formula is C24H27F2N7O2. The molecule has 3 aromatic rings. The number of pyridine rings is 1. The normalized spacial score (nSPS) is 16.1. The molecule has 4 heterocycles. The van der Waals surface area contributed by atoms with Gasteiger partial charge in [0.15, 0.2) is 0 Å². The van der Waals surface area contributed by atoms with E-state index >= 15 is 4.39 Å². The van der Waals surface area contributed by atoms with Crippen LogP contribution in [0.3, 0.4) is 0 Å². The number of tetrazole rings is 1. The summed E-state index contributed by atoms with van der Waals surface area (Å²) in [7, 11) is 0. The number of carbonyl (C=O) groups is 1. The molecule has 0 unspecified atom stereocenters. The summed E-state index contributed by atoms with van der Waals surface area (Å²) in [4.78, 5) is 20.0. The molecule has 0 radical (unpaired) electrons. The van der Waals surface area contributed by atoms with Crippen molar-refractivity contribution in [2.24, 2.45) is 0 Å². The van der Waals surface area contributed by atoms with Crippen molar-refractivity contribution in [3.63, 3.8) is 0 Å². The number of carbonyl (C=O) groups excluding carboxylic acids is 1. The lowest BCUT2D eigenvalue weighted by Crippen LogP contribution is -2.39. The minimum absolute atomic E-state index is 0.129. The molecule has 0 aliphatic carbocycles. The lowest BCUT2D eigenvalue weighted by Gasteiger charge is -2.32. The van der Waals surface area contributed by atoms with Gasteiger partial charge in [0.1, 0.15) is 18.0 Å². The summed E-state index contributed by atoms with van der Waals surface area (Å²) in [5.74, 6) is -0.669. The summed E-state index contributed by atoms with van der Waals surface area (Å²) in [5.41, 5.74) is 2.94. The van der Waals surface area contributed by atoms with Crippen LogP contribution in [0.25, 0.3) is 5.69 Å². The Kier molecular flexibility index (Phi) is 6.31. The average molecular weight is 484 g/mol. The van der Waals surface area contributed by atoms with E-state index < -0.39 is 11.6 Å². The molecule has 1 fully saturated rings. The number of amides is 1. The molecule has 11 heteroatoms. The summed E-state index contributed by atoms with van der Waals surface area (Å²) in [6, 6.07) is 4.76. The average Bonchev–Trinajstić information content (AvgIpc) is 3.51. The van der Waals surface area contributed by atoms with E-state index in [0.717, 1.165) is 24.0 Å². The summed E-state index contributed by atoms with van der Waals surface area (Å²) in [6.45, 7) is 5.53.